The van der Waals surface area contributed by atoms with E-state index in [0.29, 0.717) is 17.4 Å². The van der Waals surface area contributed by atoms with Crippen LogP contribution in [0.25, 0.3) is 0 Å². The Kier molecular flexibility index (Phi) is 3.14. The first-order chi connectivity index (χ1) is 9.56. The van der Waals surface area contributed by atoms with E-state index in [9.17, 15) is 9.18 Å². The lowest BCUT2D eigenvalue weighted by molar-refractivity contribution is 0.101. The van der Waals surface area contributed by atoms with Crippen molar-refractivity contribution >= 4 is 28.9 Å². The van der Waals surface area contributed by atoms with Gasteiger partial charge in [0.05, 0.1) is 16.4 Å². The predicted octanol–water partition coefficient (Wildman–Crippen LogP) is 3.45. The van der Waals surface area contributed by atoms with Crippen LogP contribution in [0.15, 0.2) is 30.5 Å². The molecule has 0 radical (unpaired) electrons. The molecule has 0 aliphatic heterocycles. The zero-order chi connectivity index (χ0) is 14.3. The van der Waals surface area contributed by atoms with Crippen molar-refractivity contribution in [3.8, 4) is 0 Å². The third-order valence-corrected chi connectivity index (χ3v) is 3.53. The molecule has 1 fully saturated rings. The predicted molar refractivity (Wildman–Crippen MR) is 76.5 cm³/mol. The molecule has 3 N–H and O–H groups in total. The number of nitrogens with two attached hydrogens (primary N) is 1. The lowest BCUT2D eigenvalue weighted by Crippen LogP contribution is -2.17. The first-order valence-corrected chi connectivity index (χ1v) is 6.67. The largest absolute Gasteiger partial charge is 0.397 e. The van der Waals surface area contributed by atoms with Gasteiger partial charge in [0, 0.05) is 12.2 Å². The summed E-state index contributed by atoms with van der Waals surface area (Å²) in [5.74, 6) is -1.03. The number of benzene rings is 1. The molecular weight excluding hydrogens is 281 g/mol. The first kappa shape index (κ1) is 13.0. The number of hydrogen-bond acceptors (Lipinski definition) is 2. The summed E-state index contributed by atoms with van der Waals surface area (Å²) in [4.78, 5) is 12.2. The smallest absolute Gasteiger partial charge is 0.272 e. The van der Waals surface area contributed by atoms with Crippen LogP contribution in [0.5, 0.6) is 0 Å². The number of amides is 1. The molecule has 0 spiro atoms. The molecule has 0 atom stereocenters. The van der Waals surface area contributed by atoms with Crippen LogP contribution in [0.1, 0.15) is 29.4 Å². The first-order valence-electron chi connectivity index (χ1n) is 6.29. The van der Waals surface area contributed by atoms with Gasteiger partial charge in [-0.3, -0.25) is 4.79 Å². The molecule has 1 saturated carbocycles. The van der Waals surface area contributed by atoms with Gasteiger partial charge in [0.15, 0.2) is 5.82 Å². The lowest BCUT2D eigenvalue weighted by atomic mass is 10.3. The molecule has 0 saturated heterocycles. The summed E-state index contributed by atoms with van der Waals surface area (Å²) in [6.07, 6.45) is 3.79. The van der Waals surface area contributed by atoms with Gasteiger partial charge in [0.1, 0.15) is 5.69 Å². The van der Waals surface area contributed by atoms with Crippen LogP contribution < -0.4 is 11.1 Å². The Morgan fingerprint density at radius 3 is 2.90 bits per heavy atom. The van der Waals surface area contributed by atoms with Crippen molar-refractivity contribution in [2.75, 3.05) is 11.1 Å². The fourth-order valence-electron chi connectivity index (χ4n) is 2.12. The molecule has 2 aromatic rings. The summed E-state index contributed by atoms with van der Waals surface area (Å²) in [5.41, 5.74) is 6.75. The second-order valence-electron chi connectivity index (χ2n) is 4.85. The maximum Gasteiger partial charge on any atom is 0.272 e. The highest BCUT2D eigenvalue weighted by Gasteiger charge is 2.28. The van der Waals surface area contributed by atoms with E-state index in [1.807, 2.05) is 4.57 Å². The van der Waals surface area contributed by atoms with Crippen LogP contribution in [-0.4, -0.2) is 10.5 Å². The summed E-state index contributed by atoms with van der Waals surface area (Å²) in [7, 11) is 0. The molecule has 4 nitrogen and oxygen atoms in total. The molecule has 1 aromatic carbocycles. The van der Waals surface area contributed by atoms with Crippen molar-refractivity contribution in [2.24, 2.45) is 0 Å². The Morgan fingerprint density at radius 2 is 2.20 bits per heavy atom. The monoisotopic (exact) mass is 293 g/mol. The van der Waals surface area contributed by atoms with Crippen molar-refractivity contribution in [2.45, 2.75) is 18.9 Å². The van der Waals surface area contributed by atoms with Crippen LogP contribution in [0.2, 0.25) is 5.02 Å². The van der Waals surface area contributed by atoms with Crippen molar-refractivity contribution < 1.29 is 9.18 Å². The highest BCUT2D eigenvalue weighted by atomic mass is 35.5. The molecule has 1 heterocycles. The Labute approximate surface area is 120 Å². The second-order valence-corrected chi connectivity index (χ2v) is 5.26. The van der Waals surface area contributed by atoms with E-state index in [0.717, 1.165) is 12.8 Å². The number of aromatic nitrogens is 1. The highest BCUT2D eigenvalue weighted by molar-refractivity contribution is 6.31. The van der Waals surface area contributed by atoms with Crippen LogP contribution in [0.3, 0.4) is 0 Å². The summed E-state index contributed by atoms with van der Waals surface area (Å²) in [6, 6.07) is 6.38. The zero-order valence-electron chi connectivity index (χ0n) is 10.6. The average Bonchev–Trinajstić information content (AvgIpc) is 3.18. The topological polar surface area (TPSA) is 60.1 Å². The molecule has 1 aliphatic carbocycles. The third-order valence-electron chi connectivity index (χ3n) is 3.24. The minimum absolute atomic E-state index is 0.0279. The Balaban J connectivity index is 1.88. The number of halogens is 2. The van der Waals surface area contributed by atoms with Crippen LogP contribution in [0.4, 0.5) is 15.8 Å². The van der Waals surface area contributed by atoms with E-state index in [4.69, 9.17) is 17.3 Å². The van der Waals surface area contributed by atoms with Gasteiger partial charge in [0.25, 0.3) is 5.91 Å². The number of carbonyl (C=O) groups is 1. The van der Waals surface area contributed by atoms with Crippen molar-refractivity contribution in [3.05, 3.63) is 47.0 Å². The highest BCUT2D eigenvalue weighted by Crippen LogP contribution is 2.37. The van der Waals surface area contributed by atoms with Gasteiger partial charge < -0.3 is 15.6 Å². The molecule has 104 valence electrons. The Morgan fingerprint density at radius 1 is 1.45 bits per heavy atom. The summed E-state index contributed by atoms with van der Waals surface area (Å²) >= 11 is 5.69. The average molecular weight is 294 g/mol. The fourth-order valence-corrected chi connectivity index (χ4v) is 2.30. The van der Waals surface area contributed by atoms with Crippen molar-refractivity contribution in [3.63, 3.8) is 0 Å². The maximum atomic E-state index is 13.8. The fraction of sp³-hybridized carbons (Fsp3) is 0.214. The molecule has 0 unspecified atom stereocenters. The summed E-state index contributed by atoms with van der Waals surface area (Å²) in [5, 5.41) is 2.50. The molecule has 1 aromatic heterocycles. The summed E-state index contributed by atoms with van der Waals surface area (Å²) in [6.45, 7) is 0. The molecule has 0 bridgehead atoms. The van der Waals surface area contributed by atoms with Gasteiger partial charge >= 0.3 is 0 Å². The van der Waals surface area contributed by atoms with Gasteiger partial charge in [-0.25, -0.2) is 4.39 Å². The van der Waals surface area contributed by atoms with E-state index >= 15 is 0 Å². The number of nitrogens with zero attached hydrogens (tertiary/aromatic N) is 1. The standard InChI is InChI=1S/C14H13ClFN3O/c15-10-2-1-3-11(13(10)16)18-14(20)12-6-8(17)7-19(12)9-4-5-9/h1-3,6-7,9H,4-5,17H2,(H,18,20). The van der Waals surface area contributed by atoms with E-state index < -0.39 is 11.7 Å². The third kappa shape index (κ3) is 2.36. The number of carbonyl (C=O) groups excluding carboxylic acids is 1. The maximum absolute atomic E-state index is 13.8. The number of nitrogens with one attached hydrogen (secondary N) is 1. The molecule has 1 aliphatic rings. The SMILES string of the molecule is Nc1cc(C(=O)Nc2cccc(Cl)c2F)n(C2CC2)c1. The Hall–Kier alpha value is -2.01. The van der Waals surface area contributed by atoms with Gasteiger partial charge in [-0.2, -0.15) is 0 Å². The van der Waals surface area contributed by atoms with Crippen molar-refractivity contribution in [1.29, 1.82) is 0 Å². The molecular formula is C14H13ClFN3O. The second kappa shape index (κ2) is 4.83. The number of rotatable bonds is 3. The Bertz CT molecular complexity index is 679. The van der Waals surface area contributed by atoms with Gasteiger partial charge in [0.2, 0.25) is 0 Å². The van der Waals surface area contributed by atoms with Crippen LogP contribution in [0, 0.1) is 5.82 Å². The quantitative estimate of drug-likeness (QED) is 0.910. The molecule has 6 heteroatoms. The van der Waals surface area contributed by atoms with E-state index in [-0.39, 0.29) is 10.7 Å². The van der Waals surface area contributed by atoms with E-state index in [1.54, 1.807) is 18.3 Å². The van der Waals surface area contributed by atoms with Crippen molar-refractivity contribution in [1.82, 2.24) is 4.57 Å². The van der Waals surface area contributed by atoms with Gasteiger partial charge in [-0.15, -0.1) is 0 Å². The molecule has 1 amide bonds. The normalized spacial score (nSPS) is 14.3. The molecule has 20 heavy (non-hydrogen) atoms. The van der Waals surface area contributed by atoms with E-state index in [2.05, 4.69) is 5.32 Å². The number of nitrogen functional groups attached to an aromatic ring is 1. The van der Waals surface area contributed by atoms with E-state index in [1.165, 1.54) is 12.1 Å². The lowest BCUT2D eigenvalue weighted by Gasteiger charge is -2.09. The number of hydrogen-bond donors (Lipinski definition) is 2. The number of anilines is 2. The van der Waals surface area contributed by atoms with Gasteiger partial charge in [-0.1, -0.05) is 17.7 Å². The minimum Gasteiger partial charge on any atom is -0.397 e. The van der Waals surface area contributed by atoms with Crippen LogP contribution >= 0.6 is 11.6 Å². The minimum atomic E-state index is -0.639. The molecule has 3 rings (SSSR count). The summed E-state index contributed by atoms with van der Waals surface area (Å²) < 4.78 is 15.6. The van der Waals surface area contributed by atoms with Gasteiger partial charge in [-0.05, 0) is 31.0 Å². The zero-order valence-corrected chi connectivity index (χ0v) is 11.3. The van der Waals surface area contributed by atoms with Crippen LogP contribution in [-0.2, 0) is 0 Å².